The van der Waals surface area contributed by atoms with Crippen LogP contribution in [0, 0.1) is 0 Å². The number of hydrogen-bond acceptors (Lipinski definition) is 7. The number of nitrogens with zero attached hydrogens (tertiary/aromatic N) is 3. The zero-order valence-corrected chi connectivity index (χ0v) is 17.1. The van der Waals surface area contributed by atoms with Gasteiger partial charge in [-0.1, -0.05) is 6.92 Å². The van der Waals surface area contributed by atoms with Crippen LogP contribution in [0.1, 0.15) is 41.0 Å². The Labute approximate surface area is 172 Å². The van der Waals surface area contributed by atoms with Crippen LogP contribution in [-0.2, 0) is 11.8 Å². The van der Waals surface area contributed by atoms with Gasteiger partial charge in [-0.15, -0.1) is 0 Å². The van der Waals surface area contributed by atoms with Gasteiger partial charge in [0.25, 0.3) is 0 Å². The van der Waals surface area contributed by atoms with Crippen molar-refractivity contribution in [3.8, 4) is 0 Å². The zero-order valence-electron chi connectivity index (χ0n) is 17.1. The molecule has 1 N–H and O–H groups in total. The summed E-state index contributed by atoms with van der Waals surface area (Å²) in [6, 6.07) is 10.8. The van der Waals surface area contributed by atoms with Gasteiger partial charge in [-0.3, -0.25) is 14.9 Å². The maximum atomic E-state index is 12.3. The highest BCUT2D eigenvalue weighted by Gasteiger charge is 2.15. The molecule has 0 atom stereocenters. The molecule has 0 radical (unpaired) electrons. The number of aromatic nitrogens is 3. The molecule has 4 rings (SSSR count). The molecule has 0 unspecified atom stereocenters. The Hall–Kier alpha value is -3.52. The van der Waals surface area contributed by atoms with E-state index >= 15 is 0 Å². The van der Waals surface area contributed by atoms with Crippen LogP contribution in [0.3, 0.4) is 0 Å². The molecule has 2 heterocycles. The van der Waals surface area contributed by atoms with Gasteiger partial charge in [0, 0.05) is 24.8 Å². The van der Waals surface area contributed by atoms with Crippen LogP contribution in [-0.4, -0.2) is 39.3 Å². The number of oxazole rings is 1. The normalized spacial score (nSPS) is 11.3. The van der Waals surface area contributed by atoms with E-state index in [1.165, 1.54) is 6.92 Å². The van der Waals surface area contributed by atoms with Gasteiger partial charge in [0.05, 0.1) is 11.0 Å². The zero-order chi connectivity index (χ0) is 21.3. The maximum absolute atomic E-state index is 12.3. The lowest BCUT2D eigenvalue weighted by molar-refractivity contribution is 0.0761. The first-order valence-corrected chi connectivity index (χ1v) is 9.72. The fourth-order valence-electron chi connectivity index (χ4n) is 3.17. The summed E-state index contributed by atoms with van der Waals surface area (Å²) >= 11 is 0. The van der Waals surface area contributed by atoms with E-state index < -0.39 is 0 Å². The highest BCUT2D eigenvalue weighted by Crippen LogP contribution is 2.25. The number of aryl methyl sites for hydroxylation is 1. The second-order valence-electron chi connectivity index (χ2n) is 7.06. The molecule has 0 aliphatic carbocycles. The second kappa shape index (κ2) is 8.08. The molecule has 0 aliphatic heterocycles. The molecule has 0 amide bonds. The third-order valence-electron chi connectivity index (χ3n) is 4.80. The lowest BCUT2D eigenvalue weighted by Crippen LogP contribution is -2.09. The van der Waals surface area contributed by atoms with Gasteiger partial charge in [0.2, 0.25) is 5.95 Å². The van der Waals surface area contributed by atoms with Gasteiger partial charge in [0.1, 0.15) is 12.1 Å². The van der Waals surface area contributed by atoms with E-state index in [0.29, 0.717) is 40.3 Å². The average molecular weight is 406 g/mol. The van der Waals surface area contributed by atoms with Gasteiger partial charge < -0.3 is 13.7 Å². The number of nitrogens with one attached hydrogen (secondary N) is 1. The number of hydrogen-bond donors (Lipinski definition) is 1. The first kappa shape index (κ1) is 19.8. The molecule has 0 saturated carbocycles. The monoisotopic (exact) mass is 406 g/mol. The number of carbonyl (C=O) groups excluding carboxylic acids is 2. The summed E-state index contributed by atoms with van der Waals surface area (Å²) in [6.07, 6.45) is 0.869. The smallest absolute Gasteiger partial charge is 0.302 e. The van der Waals surface area contributed by atoms with E-state index in [1.807, 2.05) is 24.6 Å². The minimum absolute atomic E-state index is 0.0383. The number of fused-ring (bicyclic) bond motifs is 2. The minimum Gasteiger partial charge on any atom is -0.423 e. The van der Waals surface area contributed by atoms with Crippen molar-refractivity contribution in [1.82, 2.24) is 14.5 Å². The molecule has 0 saturated heterocycles. The van der Waals surface area contributed by atoms with Crippen molar-refractivity contribution in [2.24, 2.45) is 7.05 Å². The molecular formula is C22H22N4O4. The van der Waals surface area contributed by atoms with Crippen molar-refractivity contribution in [3.63, 3.8) is 0 Å². The first-order chi connectivity index (χ1) is 14.5. The molecule has 0 spiro atoms. The Morgan fingerprint density at radius 3 is 2.67 bits per heavy atom. The second-order valence-corrected chi connectivity index (χ2v) is 7.06. The summed E-state index contributed by atoms with van der Waals surface area (Å²) in [7, 11) is 1.86. The van der Waals surface area contributed by atoms with E-state index in [2.05, 4.69) is 15.3 Å². The van der Waals surface area contributed by atoms with Crippen LogP contribution in [0.4, 0.5) is 12.0 Å². The summed E-state index contributed by atoms with van der Waals surface area (Å²) in [4.78, 5) is 32.8. The molecule has 8 nitrogen and oxygen atoms in total. The molecule has 2 aromatic heterocycles. The number of imidazole rings is 1. The molecule has 30 heavy (non-hydrogen) atoms. The number of ether oxygens (including phenoxy) is 1. The number of ketones is 2. The van der Waals surface area contributed by atoms with Crippen LogP contribution < -0.4 is 5.32 Å². The number of benzene rings is 2. The Morgan fingerprint density at radius 1 is 1.10 bits per heavy atom. The van der Waals surface area contributed by atoms with Crippen molar-refractivity contribution in [2.75, 3.05) is 18.5 Å². The number of Topliss-reactive ketones (excluding diaryl/α,β-unsaturated/α-hetero) is 2. The summed E-state index contributed by atoms with van der Waals surface area (Å²) in [5.41, 5.74) is 3.81. The molecule has 0 fully saturated rings. The Balaban J connectivity index is 1.60. The quantitative estimate of drug-likeness (QED) is 0.344. The number of anilines is 2. The van der Waals surface area contributed by atoms with Crippen molar-refractivity contribution in [3.05, 3.63) is 47.5 Å². The standard InChI is InChI=1S/C22H22N4O4/c1-4-9-29-12-19(28)15-6-8-18-17(10-15)23-21(26(18)3)25-22-24-16-7-5-14(13(2)27)11-20(16)30-22/h5-8,10-11H,4,9,12H2,1-3H3,(H,23,24,25). The molecule has 154 valence electrons. The van der Waals surface area contributed by atoms with Crippen LogP contribution in [0.2, 0.25) is 0 Å². The van der Waals surface area contributed by atoms with E-state index in [1.54, 1.807) is 30.3 Å². The molecule has 8 heteroatoms. The van der Waals surface area contributed by atoms with Gasteiger partial charge >= 0.3 is 6.01 Å². The molecular weight excluding hydrogens is 384 g/mol. The molecule has 0 bridgehead atoms. The Bertz CT molecular complexity index is 1250. The molecule has 2 aromatic carbocycles. The fraction of sp³-hybridized carbons (Fsp3) is 0.273. The predicted octanol–water partition coefficient (Wildman–Crippen LogP) is 4.27. The molecule has 0 aliphatic rings. The SMILES string of the molecule is CCCOCC(=O)c1ccc2c(c1)nc(Nc1nc3ccc(C(C)=O)cc3o1)n2C. The fourth-order valence-corrected chi connectivity index (χ4v) is 3.17. The highest BCUT2D eigenvalue weighted by molar-refractivity contribution is 6.00. The Kier molecular flexibility index (Phi) is 5.33. The van der Waals surface area contributed by atoms with E-state index in [0.717, 1.165) is 11.9 Å². The van der Waals surface area contributed by atoms with E-state index in [4.69, 9.17) is 9.15 Å². The molecule has 4 aromatic rings. The lowest BCUT2D eigenvalue weighted by Gasteiger charge is -2.03. The van der Waals surface area contributed by atoms with E-state index in [-0.39, 0.29) is 24.2 Å². The first-order valence-electron chi connectivity index (χ1n) is 9.72. The van der Waals surface area contributed by atoms with Crippen LogP contribution in [0.5, 0.6) is 0 Å². The van der Waals surface area contributed by atoms with Crippen molar-refractivity contribution >= 4 is 45.7 Å². The third-order valence-corrected chi connectivity index (χ3v) is 4.80. The summed E-state index contributed by atoms with van der Waals surface area (Å²) in [5.74, 6) is 0.407. The third kappa shape index (κ3) is 3.81. The number of carbonyl (C=O) groups is 2. The van der Waals surface area contributed by atoms with Gasteiger partial charge in [0.15, 0.2) is 17.1 Å². The van der Waals surface area contributed by atoms with Gasteiger partial charge in [-0.2, -0.15) is 4.98 Å². The Morgan fingerprint density at radius 2 is 1.90 bits per heavy atom. The summed E-state index contributed by atoms with van der Waals surface area (Å²) in [5, 5.41) is 3.07. The number of rotatable bonds is 8. The summed E-state index contributed by atoms with van der Waals surface area (Å²) < 4.78 is 12.9. The highest BCUT2D eigenvalue weighted by atomic mass is 16.5. The van der Waals surface area contributed by atoms with Crippen molar-refractivity contribution in [2.45, 2.75) is 20.3 Å². The van der Waals surface area contributed by atoms with Crippen molar-refractivity contribution in [1.29, 1.82) is 0 Å². The van der Waals surface area contributed by atoms with Gasteiger partial charge in [-0.25, -0.2) is 4.98 Å². The predicted molar refractivity (Wildman–Crippen MR) is 113 cm³/mol. The largest absolute Gasteiger partial charge is 0.423 e. The summed E-state index contributed by atoms with van der Waals surface area (Å²) in [6.45, 7) is 4.12. The average Bonchev–Trinajstić information content (AvgIpc) is 3.27. The van der Waals surface area contributed by atoms with E-state index in [9.17, 15) is 9.59 Å². The maximum Gasteiger partial charge on any atom is 0.302 e. The topological polar surface area (TPSA) is 99.2 Å². The van der Waals surface area contributed by atoms with Crippen LogP contribution in [0.25, 0.3) is 22.1 Å². The lowest BCUT2D eigenvalue weighted by atomic mass is 10.1. The van der Waals surface area contributed by atoms with Gasteiger partial charge in [-0.05, 0) is 49.7 Å². The minimum atomic E-state index is -0.0780. The van der Waals surface area contributed by atoms with Crippen LogP contribution >= 0.6 is 0 Å². The van der Waals surface area contributed by atoms with Crippen LogP contribution in [0.15, 0.2) is 40.8 Å². The van der Waals surface area contributed by atoms with Crippen molar-refractivity contribution < 1.29 is 18.7 Å².